The molecule has 2 atom stereocenters. The lowest BCUT2D eigenvalue weighted by Gasteiger charge is -2.50. The van der Waals surface area contributed by atoms with Crippen molar-refractivity contribution >= 4 is 18.2 Å². The van der Waals surface area contributed by atoms with E-state index in [0.29, 0.717) is 13.0 Å². The number of nitriles is 1. The SMILES string of the molecule is CCCCCCCN(C)CC1N([C@H](C=O)Cc2ccccc2)C(=O)CN(CC#N)N1C(N)=O. The fourth-order valence-electron chi connectivity index (χ4n) is 4.28. The summed E-state index contributed by atoms with van der Waals surface area (Å²) in [7, 11) is 1.93. The standard InChI is InChI=1S/C24H36N6O3/c1-3-4-5-6-10-14-27(2)17-22-29(21(19-31)16-20-11-8-7-9-12-20)23(32)18-28(15-13-25)30(22)24(26)33/h7-9,11-12,19,21-22H,3-6,10,14-18H2,1-2H3,(H2,26,33)/t21-,22?/m0/s1. The molecule has 1 saturated heterocycles. The van der Waals surface area contributed by atoms with E-state index >= 15 is 0 Å². The zero-order valence-electron chi connectivity index (χ0n) is 19.7. The van der Waals surface area contributed by atoms with Crippen molar-refractivity contribution in [3.8, 4) is 6.07 Å². The number of carbonyl (C=O) groups excluding carboxylic acids is 3. The number of rotatable bonds is 13. The lowest BCUT2D eigenvalue weighted by molar-refractivity contribution is -0.172. The van der Waals surface area contributed by atoms with Gasteiger partial charge < -0.3 is 20.3 Å². The van der Waals surface area contributed by atoms with Crippen LogP contribution in [0, 0.1) is 11.3 Å². The van der Waals surface area contributed by atoms with Crippen LogP contribution in [0.15, 0.2) is 30.3 Å². The van der Waals surface area contributed by atoms with Gasteiger partial charge in [-0.05, 0) is 32.0 Å². The smallest absolute Gasteiger partial charge is 0.331 e. The summed E-state index contributed by atoms with van der Waals surface area (Å²) in [6.07, 6.45) is 5.95. The lowest BCUT2D eigenvalue weighted by Crippen LogP contribution is -2.72. The van der Waals surface area contributed by atoms with E-state index in [9.17, 15) is 19.6 Å². The Labute approximate surface area is 196 Å². The topological polar surface area (TPSA) is 114 Å². The van der Waals surface area contributed by atoms with Crippen molar-refractivity contribution in [2.24, 2.45) is 5.73 Å². The average molecular weight is 457 g/mol. The third-order valence-electron chi connectivity index (χ3n) is 5.91. The quantitative estimate of drug-likeness (QED) is 0.276. The van der Waals surface area contributed by atoms with Gasteiger partial charge in [-0.15, -0.1) is 0 Å². The molecule has 180 valence electrons. The molecule has 1 heterocycles. The maximum absolute atomic E-state index is 13.2. The van der Waals surface area contributed by atoms with Crippen molar-refractivity contribution in [3.05, 3.63) is 35.9 Å². The van der Waals surface area contributed by atoms with E-state index in [1.54, 1.807) is 0 Å². The van der Waals surface area contributed by atoms with E-state index in [-0.39, 0.29) is 19.0 Å². The van der Waals surface area contributed by atoms with Crippen molar-refractivity contribution in [3.63, 3.8) is 0 Å². The number of aldehydes is 1. The molecule has 1 aliphatic rings. The number of benzene rings is 1. The third-order valence-corrected chi connectivity index (χ3v) is 5.91. The number of carbonyl (C=O) groups is 3. The first-order chi connectivity index (χ1) is 15.9. The van der Waals surface area contributed by atoms with Crippen LogP contribution in [0.3, 0.4) is 0 Å². The molecular formula is C24H36N6O3. The van der Waals surface area contributed by atoms with E-state index in [0.717, 1.165) is 31.2 Å². The average Bonchev–Trinajstić information content (AvgIpc) is 2.78. The minimum Gasteiger partial charge on any atom is -0.350 e. The molecule has 0 bridgehead atoms. The van der Waals surface area contributed by atoms with Gasteiger partial charge in [-0.2, -0.15) is 10.3 Å². The zero-order chi connectivity index (χ0) is 24.2. The van der Waals surface area contributed by atoms with Gasteiger partial charge in [0.1, 0.15) is 19.0 Å². The van der Waals surface area contributed by atoms with Crippen LogP contribution in [-0.2, 0) is 16.0 Å². The minimum absolute atomic E-state index is 0.149. The van der Waals surface area contributed by atoms with Gasteiger partial charge in [-0.1, -0.05) is 62.9 Å². The number of nitrogens with two attached hydrogens (primary N) is 1. The van der Waals surface area contributed by atoms with Gasteiger partial charge in [0.25, 0.3) is 0 Å². The molecular weight excluding hydrogens is 420 g/mol. The number of urea groups is 1. The molecule has 1 unspecified atom stereocenters. The van der Waals surface area contributed by atoms with Crippen LogP contribution in [0.4, 0.5) is 4.79 Å². The van der Waals surface area contributed by atoms with Gasteiger partial charge in [0.05, 0.1) is 18.7 Å². The van der Waals surface area contributed by atoms with Crippen LogP contribution in [0.2, 0.25) is 0 Å². The maximum Gasteiger partial charge on any atom is 0.331 e. The molecule has 1 fully saturated rings. The van der Waals surface area contributed by atoms with Crippen LogP contribution >= 0.6 is 0 Å². The monoisotopic (exact) mass is 456 g/mol. The molecule has 3 amide bonds. The van der Waals surface area contributed by atoms with E-state index in [1.165, 1.54) is 34.2 Å². The van der Waals surface area contributed by atoms with Crippen molar-refractivity contribution in [2.75, 3.05) is 33.2 Å². The summed E-state index contributed by atoms with van der Waals surface area (Å²) < 4.78 is 0. The highest BCUT2D eigenvalue weighted by Gasteiger charge is 2.44. The summed E-state index contributed by atoms with van der Waals surface area (Å²) in [5, 5.41) is 11.8. The molecule has 1 aliphatic heterocycles. The Bertz CT molecular complexity index is 812. The Kier molecular flexibility index (Phi) is 10.8. The van der Waals surface area contributed by atoms with Gasteiger partial charge in [0.2, 0.25) is 5.91 Å². The van der Waals surface area contributed by atoms with E-state index < -0.39 is 18.2 Å². The number of amides is 3. The summed E-state index contributed by atoms with van der Waals surface area (Å²) in [6.45, 7) is 2.95. The van der Waals surface area contributed by atoms with Crippen LogP contribution in [-0.4, -0.2) is 83.5 Å². The number of likely N-dealkylation sites (N-methyl/N-ethyl adjacent to an activating group) is 1. The second kappa shape index (κ2) is 13.6. The normalized spacial score (nSPS) is 17.8. The summed E-state index contributed by atoms with van der Waals surface area (Å²) in [4.78, 5) is 41.3. The molecule has 2 N–H and O–H groups in total. The Hall–Kier alpha value is -2.96. The molecule has 1 aromatic rings. The molecule has 9 heteroatoms. The van der Waals surface area contributed by atoms with Gasteiger partial charge in [-0.25, -0.2) is 9.80 Å². The van der Waals surface area contributed by atoms with Crippen molar-refractivity contribution in [1.29, 1.82) is 5.26 Å². The van der Waals surface area contributed by atoms with Crippen LogP contribution < -0.4 is 5.73 Å². The zero-order valence-corrected chi connectivity index (χ0v) is 19.7. The Morgan fingerprint density at radius 1 is 1.27 bits per heavy atom. The molecule has 0 spiro atoms. The van der Waals surface area contributed by atoms with Crippen molar-refractivity contribution in [1.82, 2.24) is 19.8 Å². The van der Waals surface area contributed by atoms with Crippen molar-refractivity contribution in [2.45, 2.75) is 57.7 Å². The fraction of sp³-hybridized carbons (Fsp3) is 0.583. The van der Waals surface area contributed by atoms with Gasteiger partial charge in [0, 0.05) is 6.54 Å². The van der Waals surface area contributed by atoms with E-state index in [1.807, 2.05) is 48.3 Å². The molecule has 1 aromatic carbocycles. The number of hydrogen-bond acceptors (Lipinski definition) is 6. The highest BCUT2D eigenvalue weighted by atomic mass is 16.2. The largest absolute Gasteiger partial charge is 0.350 e. The summed E-state index contributed by atoms with van der Waals surface area (Å²) in [6, 6.07) is 9.92. The first-order valence-corrected chi connectivity index (χ1v) is 11.6. The summed E-state index contributed by atoms with van der Waals surface area (Å²) in [5.74, 6) is -0.308. The van der Waals surface area contributed by atoms with E-state index in [4.69, 9.17) is 5.73 Å². The number of unbranched alkanes of at least 4 members (excludes halogenated alkanes) is 4. The van der Waals surface area contributed by atoms with Crippen molar-refractivity contribution < 1.29 is 14.4 Å². The van der Waals surface area contributed by atoms with Crippen LogP contribution in [0.25, 0.3) is 0 Å². The molecule has 9 nitrogen and oxygen atoms in total. The van der Waals surface area contributed by atoms with Gasteiger partial charge in [-0.3, -0.25) is 4.79 Å². The van der Waals surface area contributed by atoms with Crippen LogP contribution in [0.5, 0.6) is 0 Å². The number of hydrazine groups is 1. The molecule has 0 saturated carbocycles. The van der Waals surface area contributed by atoms with Gasteiger partial charge >= 0.3 is 6.03 Å². The molecule has 0 radical (unpaired) electrons. The first-order valence-electron chi connectivity index (χ1n) is 11.6. The molecule has 33 heavy (non-hydrogen) atoms. The molecule has 0 aliphatic carbocycles. The summed E-state index contributed by atoms with van der Waals surface area (Å²) >= 11 is 0. The second-order valence-corrected chi connectivity index (χ2v) is 8.51. The predicted octanol–water partition coefficient (Wildman–Crippen LogP) is 1.99. The number of hydrogen-bond donors (Lipinski definition) is 1. The lowest BCUT2D eigenvalue weighted by atomic mass is 10.0. The molecule has 0 aromatic heterocycles. The predicted molar refractivity (Wildman–Crippen MR) is 125 cm³/mol. The van der Waals surface area contributed by atoms with Crippen LogP contribution in [0.1, 0.15) is 44.6 Å². The van der Waals surface area contributed by atoms with E-state index in [2.05, 4.69) is 6.92 Å². The minimum atomic E-state index is -0.781. The fourth-order valence-corrected chi connectivity index (χ4v) is 4.28. The first kappa shape index (κ1) is 26.3. The van der Waals surface area contributed by atoms with Gasteiger partial charge in [0.15, 0.2) is 0 Å². The number of primary amides is 1. The number of nitrogens with zero attached hydrogens (tertiary/aromatic N) is 5. The highest BCUT2D eigenvalue weighted by Crippen LogP contribution is 2.22. The maximum atomic E-state index is 13.2. The Morgan fingerprint density at radius 2 is 1.97 bits per heavy atom. The second-order valence-electron chi connectivity index (χ2n) is 8.51. The Morgan fingerprint density at radius 3 is 2.58 bits per heavy atom. The summed E-state index contributed by atoms with van der Waals surface area (Å²) in [5.41, 5.74) is 6.61. The molecule has 2 rings (SSSR count). The Balaban J connectivity index is 2.27. The third kappa shape index (κ3) is 7.55. The highest BCUT2D eigenvalue weighted by molar-refractivity contribution is 5.84.